The van der Waals surface area contributed by atoms with E-state index >= 15 is 0 Å². The van der Waals surface area contributed by atoms with E-state index in [1.807, 2.05) is 0 Å². The molecule has 2 N–H and O–H groups in total. The Labute approximate surface area is 69.3 Å². The molecule has 0 amide bonds. The van der Waals surface area contributed by atoms with Gasteiger partial charge in [0.2, 0.25) is 0 Å². The monoisotopic (exact) mass is 174 g/mol. The second-order valence-electron chi connectivity index (χ2n) is 2.15. The lowest BCUT2D eigenvalue weighted by atomic mass is 10.4. The van der Waals surface area contributed by atoms with Crippen LogP contribution in [-0.4, -0.2) is 34.9 Å². The lowest BCUT2D eigenvalue weighted by Crippen LogP contribution is -2.13. The highest BCUT2D eigenvalue weighted by Gasteiger charge is 2.00. The maximum absolute atomic E-state index is 10.6. The number of carbonyl (C=O) groups is 2. The molecule has 0 heterocycles. The van der Waals surface area contributed by atoms with Crippen molar-refractivity contribution in [2.24, 2.45) is 0 Å². The Hall–Kier alpha value is -1.36. The summed E-state index contributed by atoms with van der Waals surface area (Å²) in [4.78, 5) is 20.5. The van der Waals surface area contributed by atoms with E-state index in [4.69, 9.17) is 10.2 Å². The molecule has 5 nitrogen and oxygen atoms in total. The minimum atomic E-state index is -1.22. The van der Waals surface area contributed by atoms with Crippen molar-refractivity contribution in [3.05, 3.63) is 12.2 Å². The number of aliphatic hydroxyl groups is 1. The van der Waals surface area contributed by atoms with Crippen LogP contribution in [0.2, 0.25) is 0 Å². The van der Waals surface area contributed by atoms with Crippen LogP contribution in [0.15, 0.2) is 12.2 Å². The number of hydrogen-bond donors (Lipinski definition) is 2. The van der Waals surface area contributed by atoms with E-state index < -0.39 is 18.0 Å². The zero-order chi connectivity index (χ0) is 9.56. The van der Waals surface area contributed by atoms with Crippen LogP contribution in [-0.2, 0) is 14.3 Å². The van der Waals surface area contributed by atoms with Gasteiger partial charge >= 0.3 is 11.9 Å². The van der Waals surface area contributed by atoms with E-state index in [0.717, 1.165) is 6.08 Å². The molecule has 0 bridgehead atoms. The molecule has 0 radical (unpaired) electrons. The fourth-order valence-corrected chi connectivity index (χ4v) is 0.390. The number of esters is 1. The van der Waals surface area contributed by atoms with Crippen LogP contribution in [0, 0.1) is 0 Å². The summed E-state index contributed by atoms with van der Waals surface area (Å²) in [6.07, 6.45) is 0.710. The van der Waals surface area contributed by atoms with E-state index in [0.29, 0.717) is 6.08 Å². The Morgan fingerprint density at radius 3 is 2.50 bits per heavy atom. The van der Waals surface area contributed by atoms with Crippen molar-refractivity contribution in [3.8, 4) is 0 Å². The summed E-state index contributed by atoms with van der Waals surface area (Å²) in [5.41, 5.74) is 0. The number of hydrogen-bond acceptors (Lipinski definition) is 4. The second-order valence-corrected chi connectivity index (χ2v) is 2.15. The summed E-state index contributed by atoms with van der Waals surface area (Å²) in [6.45, 7) is 1.32. The molecule has 0 aromatic carbocycles. The molecule has 0 aliphatic heterocycles. The summed E-state index contributed by atoms with van der Waals surface area (Å²) in [5.74, 6) is -2.00. The van der Waals surface area contributed by atoms with E-state index in [9.17, 15) is 9.59 Å². The molecule has 0 saturated heterocycles. The number of carboxylic acid groups (broad SMARTS) is 1. The Balaban J connectivity index is 3.67. The molecule has 68 valence electrons. The van der Waals surface area contributed by atoms with Crippen molar-refractivity contribution in [2.45, 2.75) is 13.0 Å². The number of aliphatic carboxylic acids is 1. The van der Waals surface area contributed by atoms with Crippen LogP contribution in [0.4, 0.5) is 0 Å². The first kappa shape index (κ1) is 10.6. The first-order valence-corrected chi connectivity index (χ1v) is 3.28. The average Bonchev–Trinajstić information content (AvgIpc) is 1.96. The van der Waals surface area contributed by atoms with Gasteiger partial charge < -0.3 is 14.9 Å². The minimum absolute atomic E-state index is 0.136. The van der Waals surface area contributed by atoms with E-state index in [1.54, 1.807) is 0 Å². The maximum atomic E-state index is 10.6. The van der Waals surface area contributed by atoms with Gasteiger partial charge in [0.25, 0.3) is 0 Å². The van der Waals surface area contributed by atoms with Crippen LogP contribution >= 0.6 is 0 Å². The third-order valence-corrected chi connectivity index (χ3v) is 0.829. The third-order valence-electron chi connectivity index (χ3n) is 0.829. The Morgan fingerprint density at radius 2 is 2.08 bits per heavy atom. The zero-order valence-corrected chi connectivity index (χ0v) is 6.56. The molecule has 0 aromatic heterocycles. The number of aliphatic hydroxyl groups excluding tert-OH is 1. The zero-order valence-electron chi connectivity index (χ0n) is 6.56. The molecule has 0 spiro atoms. The fraction of sp³-hybridized carbons (Fsp3) is 0.429. The fourth-order valence-electron chi connectivity index (χ4n) is 0.390. The van der Waals surface area contributed by atoms with Crippen LogP contribution in [0.1, 0.15) is 6.92 Å². The predicted octanol–water partition coefficient (Wildman–Crippen LogP) is -0.449. The van der Waals surface area contributed by atoms with Crippen molar-refractivity contribution in [1.29, 1.82) is 0 Å². The van der Waals surface area contributed by atoms with Gasteiger partial charge in [0.15, 0.2) is 0 Å². The number of ether oxygens (including phenoxy) is 1. The molecular weight excluding hydrogens is 164 g/mol. The van der Waals surface area contributed by atoms with Gasteiger partial charge in [-0.15, -0.1) is 0 Å². The smallest absolute Gasteiger partial charge is 0.331 e. The topological polar surface area (TPSA) is 83.8 Å². The number of rotatable bonds is 4. The van der Waals surface area contributed by atoms with Crippen molar-refractivity contribution in [1.82, 2.24) is 0 Å². The molecule has 0 saturated carbocycles. The molecule has 12 heavy (non-hydrogen) atoms. The van der Waals surface area contributed by atoms with Crippen molar-refractivity contribution in [3.63, 3.8) is 0 Å². The standard InChI is InChI=1S/C7H10O5/c1-5(8)4-12-7(11)3-2-6(9)10/h2-3,5,8H,4H2,1H3,(H,9,10)/b3-2-. The molecule has 5 heteroatoms. The first-order valence-electron chi connectivity index (χ1n) is 3.28. The van der Waals surface area contributed by atoms with Gasteiger partial charge in [0.1, 0.15) is 6.61 Å². The van der Waals surface area contributed by atoms with Crippen LogP contribution in [0.5, 0.6) is 0 Å². The molecule has 1 unspecified atom stereocenters. The second kappa shape index (κ2) is 5.31. The highest BCUT2D eigenvalue weighted by Crippen LogP contribution is 1.86. The Morgan fingerprint density at radius 1 is 1.50 bits per heavy atom. The van der Waals surface area contributed by atoms with Gasteiger partial charge in [-0.1, -0.05) is 0 Å². The van der Waals surface area contributed by atoms with E-state index in [-0.39, 0.29) is 6.61 Å². The predicted molar refractivity (Wildman–Crippen MR) is 39.4 cm³/mol. The highest BCUT2D eigenvalue weighted by molar-refractivity contribution is 5.90. The summed E-state index contributed by atoms with van der Waals surface area (Å²) >= 11 is 0. The largest absolute Gasteiger partial charge is 0.478 e. The van der Waals surface area contributed by atoms with E-state index in [2.05, 4.69) is 4.74 Å². The lowest BCUT2D eigenvalue weighted by molar-refractivity contribution is -0.141. The number of carbonyl (C=O) groups excluding carboxylic acids is 1. The normalized spacial score (nSPS) is 12.8. The van der Waals surface area contributed by atoms with Gasteiger partial charge in [0, 0.05) is 12.2 Å². The number of carboxylic acids is 1. The summed E-state index contributed by atoms with van der Waals surface area (Å²) in [6, 6.07) is 0. The molecule has 1 atom stereocenters. The third kappa shape index (κ3) is 6.76. The molecule has 0 rings (SSSR count). The SMILES string of the molecule is CC(O)COC(=O)/C=C\C(=O)O. The first-order chi connectivity index (χ1) is 5.52. The Kier molecular flexibility index (Phi) is 4.71. The minimum Gasteiger partial charge on any atom is -0.478 e. The maximum Gasteiger partial charge on any atom is 0.331 e. The van der Waals surface area contributed by atoms with Crippen molar-refractivity contribution >= 4 is 11.9 Å². The molecule has 0 aliphatic rings. The summed E-state index contributed by atoms with van der Waals surface area (Å²) in [7, 11) is 0. The molecule has 0 fully saturated rings. The highest BCUT2D eigenvalue weighted by atomic mass is 16.5. The van der Waals surface area contributed by atoms with Gasteiger partial charge in [-0.2, -0.15) is 0 Å². The summed E-state index contributed by atoms with van der Waals surface area (Å²) in [5, 5.41) is 16.8. The van der Waals surface area contributed by atoms with Crippen LogP contribution in [0.3, 0.4) is 0 Å². The van der Waals surface area contributed by atoms with Gasteiger partial charge in [-0.05, 0) is 6.92 Å². The quantitative estimate of drug-likeness (QED) is 0.445. The summed E-state index contributed by atoms with van der Waals surface area (Å²) < 4.78 is 4.41. The Bertz CT molecular complexity index is 194. The molecular formula is C7H10O5. The van der Waals surface area contributed by atoms with E-state index in [1.165, 1.54) is 6.92 Å². The van der Waals surface area contributed by atoms with Gasteiger partial charge in [-0.25, -0.2) is 9.59 Å². The van der Waals surface area contributed by atoms with Crippen LogP contribution in [0.25, 0.3) is 0 Å². The van der Waals surface area contributed by atoms with Crippen molar-refractivity contribution < 1.29 is 24.5 Å². The lowest BCUT2D eigenvalue weighted by Gasteiger charge is -2.02. The average molecular weight is 174 g/mol. The molecule has 0 aliphatic carbocycles. The van der Waals surface area contributed by atoms with Crippen molar-refractivity contribution in [2.75, 3.05) is 6.61 Å². The van der Waals surface area contributed by atoms with Gasteiger partial charge in [0.05, 0.1) is 6.10 Å². The van der Waals surface area contributed by atoms with Crippen LogP contribution < -0.4 is 0 Å². The van der Waals surface area contributed by atoms with Gasteiger partial charge in [-0.3, -0.25) is 0 Å². The molecule has 0 aromatic rings.